The first-order valence-corrected chi connectivity index (χ1v) is 8.59. The van der Waals surface area contributed by atoms with Gasteiger partial charge in [0.2, 0.25) is 5.09 Å². The highest BCUT2D eigenvalue weighted by Crippen LogP contribution is 2.24. The Bertz CT molecular complexity index is 606. The summed E-state index contributed by atoms with van der Waals surface area (Å²) in [7, 11) is -0.811. The van der Waals surface area contributed by atoms with E-state index in [1.165, 1.54) is 32.6 Å². The first kappa shape index (κ1) is 16.0. The van der Waals surface area contributed by atoms with Crippen LogP contribution < -0.4 is 5.32 Å². The molecular weight excluding hydrogens is 292 g/mol. The molecule has 1 amide bonds. The molecule has 21 heavy (non-hydrogen) atoms. The Labute approximate surface area is 125 Å². The van der Waals surface area contributed by atoms with Gasteiger partial charge in [0.05, 0.1) is 0 Å². The van der Waals surface area contributed by atoms with Crippen molar-refractivity contribution in [3.8, 4) is 0 Å². The van der Waals surface area contributed by atoms with Crippen LogP contribution in [0.15, 0.2) is 21.6 Å². The fourth-order valence-electron chi connectivity index (χ4n) is 2.53. The van der Waals surface area contributed by atoms with Crippen molar-refractivity contribution in [3.63, 3.8) is 0 Å². The second-order valence-corrected chi connectivity index (χ2v) is 7.83. The van der Waals surface area contributed by atoms with E-state index in [4.69, 9.17) is 4.42 Å². The summed E-state index contributed by atoms with van der Waals surface area (Å²) in [5.41, 5.74) is 0. The predicted octanol–water partition coefficient (Wildman–Crippen LogP) is 1.84. The maximum Gasteiger partial charge on any atom is 0.287 e. The molecule has 2 rings (SSSR count). The van der Waals surface area contributed by atoms with Gasteiger partial charge >= 0.3 is 0 Å². The van der Waals surface area contributed by atoms with Crippen LogP contribution in [0.2, 0.25) is 0 Å². The van der Waals surface area contributed by atoms with E-state index in [9.17, 15) is 13.2 Å². The summed E-state index contributed by atoms with van der Waals surface area (Å²) < 4.78 is 30.1. The molecule has 7 heteroatoms. The average molecular weight is 314 g/mol. The van der Waals surface area contributed by atoms with Gasteiger partial charge < -0.3 is 9.73 Å². The van der Waals surface area contributed by atoms with E-state index >= 15 is 0 Å². The van der Waals surface area contributed by atoms with Crippen LogP contribution in [0.25, 0.3) is 0 Å². The van der Waals surface area contributed by atoms with E-state index in [-0.39, 0.29) is 22.8 Å². The van der Waals surface area contributed by atoms with Gasteiger partial charge in [0.1, 0.15) is 0 Å². The summed E-state index contributed by atoms with van der Waals surface area (Å²) in [5.74, 6) is 0.116. The molecule has 0 spiro atoms. The van der Waals surface area contributed by atoms with Crippen LogP contribution >= 0.6 is 0 Å². The molecule has 1 aromatic rings. The van der Waals surface area contributed by atoms with E-state index < -0.39 is 10.0 Å². The molecule has 0 aliphatic heterocycles. The van der Waals surface area contributed by atoms with Crippen LogP contribution in [-0.2, 0) is 10.0 Å². The first-order chi connectivity index (χ1) is 9.82. The van der Waals surface area contributed by atoms with Gasteiger partial charge in [-0.3, -0.25) is 4.79 Å². The fourth-order valence-corrected chi connectivity index (χ4v) is 3.33. The summed E-state index contributed by atoms with van der Waals surface area (Å²) in [4.78, 5) is 12.2. The Morgan fingerprint density at radius 1 is 1.29 bits per heavy atom. The maximum atomic E-state index is 12.2. The SMILES string of the molecule is C[C@H]1CCCC[C@H]1NC(=O)c1ccc(S(=O)(=O)N(C)C)o1. The van der Waals surface area contributed by atoms with E-state index in [0.717, 1.165) is 23.6 Å². The van der Waals surface area contributed by atoms with Crippen LogP contribution in [0, 0.1) is 5.92 Å². The van der Waals surface area contributed by atoms with Crippen molar-refractivity contribution in [1.82, 2.24) is 9.62 Å². The van der Waals surface area contributed by atoms with Crippen LogP contribution in [0.3, 0.4) is 0 Å². The zero-order valence-electron chi connectivity index (χ0n) is 12.6. The number of nitrogens with zero attached hydrogens (tertiary/aromatic N) is 1. The van der Waals surface area contributed by atoms with Gasteiger partial charge in [-0.1, -0.05) is 19.8 Å². The molecule has 2 atom stereocenters. The zero-order chi connectivity index (χ0) is 15.6. The van der Waals surface area contributed by atoms with Gasteiger partial charge in [0.15, 0.2) is 5.76 Å². The molecule has 0 aromatic carbocycles. The first-order valence-electron chi connectivity index (χ1n) is 7.15. The third-order valence-electron chi connectivity index (χ3n) is 3.97. The van der Waals surface area contributed by atoms with Gasteiger partial charge in [0.25, 0.3) is 15.9 Å². The zero-order valence-corrected chi connectivity index (χ0v) is 13.4. The molecule has 1 aromatic heterocycles. The average Bonchev–Trinajstić information content (AvgIpc) is 2.91. The molecule has 1 N–H and O–H groups in total. The Morgan fingerprint density at radius 3 is 2.57 bits per heavy atom. The second kappa shape index (κ2) is 6.19. The molecule has 0 bridgehead atoms. The Kier molecular flexibility index (Phi) is 4.73. The number of amides is 1. The standard InChI is InChI=1S/C14H22N2O4S/c1-10-6-4-5-7-11(10)15-14(17)12-8-9-13(20-12)21(18,19)16(2)3/h8-11H,4-7H2,1-3H3,(H,15,17)/t10-,11+/m0/s1. The largest absolute Gasteiger partial charge is 0.438 e. The normalized spacial score (nSPS) is 23.2. The number of sulfonamides is 1. The molecule has 1 aliphatic rings. The molecule has 1 fully saturated rings. The molecule has 1 heterocycles. The van der Waals surface area contributed by atoms with Crippen molar-refractivity contribution in [2.75, 3.05) is 14.1 Å². The summed E-state index contributed by atoms with van der Waals surface area (Å²) >= 11 is 0. The van der Waals surface area contributed by atoms with Crippen LogP contribution in [0.1, 0.15) is 43.2 Å². The number of rotatable bonds is 4. The number of furan rings is 1. The molecule has 0 radical (unpaired) electrons. The van der Waals surface area contributed by atoms with Crippen molar-refractivity contribution >= 4 is 15.9 Å². The van der Waals surface area contributed by atoms with Crippen molar-refractivity contribution in [3.05, 3.63) is 17.9 Å². The third-order valence-corrected chi connectivity index (χ3v) is 5.66. The Morgan fingerprint density at radius 2 is 1.95 bits per heavy atom. The van der Waals surface area contributed by atoms with Gasteiger partial charge in [0, 0.05) is 20.1 Å². The van der Waals surface area contributed by atoms with Crippen molar-refractivity contribution < 1.29 is 17.6 Å². The van der Waals surface area contributed by atoms with Crippen LogP contribution in [0.5, 0.6) is 0 Å². The van der Waals surface area contributed by atoms with Crippen molar-refractivity contribution in [2.45, 2.75) is 43.7 Å². The number of hydrogen-bond acceptors (Lipinski definition) is 4. The van der Waals surface area contributed by atoms with Crippen LogP contribution in [-0.4, -0.2) is 38.8 Å². The number of carbonyl (C=O) groups is 1. The number of carbonyl (C=O) groups excluding carboxylic acids is 1. The van der Waals surface area contributed by atoms with E-state index in [1.54, 1.807) is 0 Å². The molecular formula is C14H22N2O4S. The highest BCUT2D eigenvalue weighted by atomic mass is 32.2. The van der Waals surface area contributed by atoms with Crippen molar-refractivity contribution in [2.24, 2.45) is 5.92 Å². The number of hydrogen-bond donors (Lipinski definition) is 1. The summed E-state index contributed by atoms with van der Waals surface area (Å²) in [6.07, 6.45) is 4.35. The predicted molar refractivity (Wildman–Crippen MR) is 78.5 cm³/mol. The Balaban J connectivity index is 2.09. The Hall–Kier alpha value is -1.34. The van der Waals surface area contributed by atoms with E-state index in [0.29, 0.717) is 5.92 Å². The van der Waals surface area contributed by atoms with E-state index in [1.807, 2.05) is 0 Å². The van der Waals surface area contributed by atoms with Gasteiger partial charge in [-0.15, -0.1) is 0 Å². The minimum atomic E-state index is -3.65. The van der Waals surface area contributed by atoms with Crippen LogP contribution in [0.4, 0.5) is 0 Å². The van der Waals surface area contributed by atoms with Gasteiger partial charge in [-0.25, -0.2) is 12.7 Å². The smallest absolute Gasteiger partial charge is 0.287 e. The lowest BCUT2D eigenvalue weighted by molar-refractivity contribution is 0.0876. The highest BCUT2D eigenvalue weighted by Gasteiger charge is 2.26. The lowest BCUT2D eigenvalue weighted by Crippen LogP contribution is -2.40. The minimum absolute atomic E-state index is 0.0354. The molecule has 1 saturated carbocycles. The lowest BCUT2D eigenvalue weighted by atomic mass is 9.86. The monoisotopic (exact) mass is 314 g/mol. The molecule has 118 valence electrons. The van der Waals surface area contributed by atoms with E-state index in [2.05, 4.69) is 12.2 Å². The molecule has 0 unspecified atom stereocenters. The highest BCUT2D eigenvalue weighted by molar-refractivity contribution is 7.88. The van der Waals surface area contributed by atoms with Crippen molar-refractivity contribution in [1.29, 1.82) is 0 Å². The minimum Gasteiger partial charge on any atom is -0.438 e. The maximum absolute atomic E-state index is 12.2. The fraction of sp³-hybridized carbons (Fsp3) is 0.643. The van der Waals surface area contributed by atoms with Gasteiger partial charge in [-0.05, 0) is 30.9 Å². The summed E-state index contributed by atoms with van der Waals surface area (Å²) in [6.45, 7) is 2.12. The van der Waals surface area contributed by atoms with Gasteiger partial charge in [-0.2, -0.15) is 0 Å². The topological polar surface area (TPSA) is 79.6 Å². The summed E-state index contributed by atoms with van der Waals surface area (Å²) in [6, 6.07) is 2.85. The summed E-state index contributed by atoms with van der Waals surface area (Å²) in [5, 5.41) is 2.72. The molecule has 0 saturated heterocycles. The molecule has 6 nitrogen and oxygen atoms in total. The lowest BCUT2D eigenvalue weighted by Gasteiger charge is -2.29. The second-order valence-electron chi connectivity index (χ2n) is 5.75. The number of nitrogens with one attached hydrogen (secondary N) is 1. The quantitative estimate of drug-likeness (QED) is 0.919. The molecule has 1 aliphatic carbocycles. The third kappa shape index (κ3) is 3.47.